The number of benzene rings is 2. The van der Waals surface area contributed by atoms with Gasteiger partial charge in [-0.2, -0.15) is 0 Å². The summed E-state index contributed by atoms with van der Waals surface area (Å²) in [5.74, 6) is 0.932. The number of amides is 1. The SMILES string of the molecule is COc1cc(C(=O)NC(CN)Cc2ccccc2)ccc1C1CNNC1. The Hall–Kier alpha value is -2.41. The minimum absolute atomic E-state index is 0.112. The Balaban J connectivity index is 1.70. The Bertz CT molecular complexity index is 730. The van der Waals surface area contributed by atoms with Crippen LogP contribution in [0.15, 0.2) is 48.5 Å². The lowest BCUT2D eigenvalue weighted by atomic mass is 9.97. The van der Waals surface area contributed by atoms with Crippen LogP contribution in [0.5, 0.6) is 5.75 Å². The molecule has 3 rings (SSSR count). The van der Waals surface area contributed by atoms with Crippen molar-refractivity contribution in [3.8, 4) is 5.75 Å². The van der Waals surface area contributed by atoms with Crippen LogP contribution in [0, 0.1) is 0 Å². The molecule has 1 atom stereocenters. The van der Waals surface area contributed by atoms with Crippen LogP contribution in [0.2, 0.25) is 0 Å². The molecule has 0 bridgehead atoms. The van der Waals surface area contributed by atoms with Crippen LogP contribution < -0.4 is 26.6 Å². The fraction of sp³-hybridized carbons (Fsp3) is 0.350. The highest BCUT2D eigenvalue weighted by molar-refractivity contribution is 5.95. The molecule has 0 aliphatic carbocycles. The summed E-state index contributed by atoms with van der Waals surface area (Å²) in [6.07, 6.45) is 0.706. The molecule has 6 heteroatoms. The smallest absolute Gasteiger partial charge is 0.251 e. The summed E-state index contributed by atoms with van der Waals surface area (Å²) in [6.45, 7) is 2.07. The first-order chi connectivity index (χ1) is 12.7. The molecule has 1 aliphatic heterocycles. The fourth-order valence-electron chi connectivity index (χ4n) is 3.23. The van der Waals surface area contributed by atoms with Crippen molar-refractivity contribution in [1.29, 1.82) is 0 Å². The van der Waals surface area contributed by atoms with Crippen LogP contribution in [-0.2, 0) is 6.42 Å². The maximum Gasteiger partial charge on any atom is 0.251 e. The minimum atomic E-state index is -0.135. The van der Waals surface area contributed by atoms with Crippen LogP contribution in [0.4, 0.5) is 0 Å². The Labute approximate surface area is 154 Å². The van der Waals surface area contributed by atoms with E-state index in [9.17, 15) is 4.79 Å². The zero-order valence-corrected chi connectivity index (χ0v) is 15.0. The van der Waals surface area contributed by atoms with Gasteiger partial charge in [-0.15, -0.1) is 0 Å². The molecule has 1 aliphatic rings. The van der Waals surface area contributed by atoms with E-state index in [0.717, 1.165) is 30.0 Å². The highest BCUT2D eigenvalue weighted by Crippen LogP contribution is 2.28. The molecule has 0 radical (unpaired) electrons. The van der Waals surface area contributed by atoms with E-state index < -0.39 is 0 Å². The summed E-state index contributed by atoms with van der Waals surface area (Å²) in [4.78, 5) is 12.7. The maximum absolute atomic E-state index is 12.7. The number of hydrogen-bond donors (Lipinski definition) is 4. The Morgan fingerprint density at radius 3 is 2.62 bits per heavy atom. The number of rotatable bonds is 7. The Morgan fingerprint density at radius 1 is 1.23 bits per heavy atom. The first-order valence-corrected chi connectivity index (χ1v) is 8.89. The lowest BCUT2D eigenvalue weighted by Gasteiger charge is -2.18. The molecule has 1 amide bonds. The first kappa shape index (κ1) is 18.4. The highest BCUT2D eigenvalue weighted by Gasteiger charge is 2.21. The van der Waals surface area contributed by atoms with Gasteiger partial charge in [-0.25, -0.2) is 0 Å². The van der Waals surface area contributed by atoms with Crippen LogP contribution in [-0.4, -0.2) is 38.7 Å². The lowest BCUT2D eigenvalue weighted by Crippen LogP contribution is -2.41. The third kappa shape index (κ3) is 4.40. The molecular weight excluding hydrogens is 328 g/mol. The molecule has 1 heterocycles. The van der Waals surface area contributed by atoms with Crippen molar-refractivity contribution in [3.05, 3.63) is 65.2 Å². The molecular formula is C20H26N4O2. The summed E-state index contributed by atoms with van der Waals surface area (Å²) in [5, 5.41) is 3.03. The molecule has 1 unspecified atom stereocenters. The van der Waals surface area contributed by atoms with Crippen LogP contribution >= 0.6 is 0 Å². The monoisotopic (exact) mass is 354 g/mol. The molecule has 2 aromatic carbocycles. The number of methoxy groups -OCH3 is 1. The second-order valence-corrected chi connectivity index (χ2v) is 6.51. The van der Waals surface area contributed by atoms with Gasteiger partial charge < -0.3 is 15.8 Å². The highest BCUT2D eigenvalue weighted by atomic mass is 16.5. The van der Waals surface area contributed by atoms with Gasteiger partial charge in [0.25, 0.3) is 5.91 Å². The molecule has 26 heavy (non-hydrogen) atoms. The zero-order chi connectivity index (χ0) is 18.4. The third-order valence-corrected chi connectivity index (χ3v) is 4.70. The maximum atomic E-state index is 12.7. The van der Waals surface area contributed by atoms with Gasteiger partial charge in [0.2, 0.25) is 0 Å². The van der Waals surface area contributed by atoms with E-state index in [0.29, 0.717) is 24.4 Å². The second kappa shape index (κ2) is 8.80. The quantitative estimate of drug-likeness (QED) is 0.600. The summed E-state index contributed by atoms with van der Waals surface area (Å²) in [7, 11) is 1.63. The normalized spacial score (nSPS) is 15.6. The summed E-state index contributed by atoms with van der Waals surface area (Å²) in [5.41, 5.74) is 14.9. The van der Waals surface area contributed by atoms with E-state index in [1.165, 1.54) is 0 Å². The van der Waals surface area contributed by atoms with Crippen LogP contribution in [0.1, 0.15) is 27.4 Å². The van der Waals surface area contributed by atoms with E-state index in [2.05, 4.69) is 16.2 Å². The number of hydrogen-bond acceptors (Lipinski definition) is 5. The molecule has 5 N–H and O–H groups in total. The Morgan fingerprint density at radius 2 is 1.96 bits per heavy atom. The molecule has 1 fully saturated rings. The number of carbonyl (C=O) groups excluding carboxylic acids is 1. The fourth-order valence-corrected chi connectivity index (χ4v) is 3.23. The van der Waals surface area contributed by atoms with Crippen molar-refractivity contribution in [1.82, 2.24) is 16.2 Å². The third-order valence-electron chi connectivity index (χ3n) is 4.70. The summed E-state index contributed by atoms with van der Waals surface area (Å²) >= 11 is 0. The van der Waals surface area contributed by atoms with Crippen LogP contribution in [0.25, 0.3) is 0 Å². The van der Waals surface area contributed by atoms with Gasteiger partial charge >= 0.3 is 0 Å². The average Bonchev–Trinajstić information content (AvgIpc) is 3.22. The standard InChI is InChI=1S/C20H26N4O2/c1-26-19-10-15(7-8-18(19)16-12-22-23-13-16)20(25)24-17(11-21)9-14-5-3-2-4-6-14/h2-8,10,16-17,22-23H,9,11-13,21H2,1H3,(H,24,25). The number of hydrazine groups is 1. The predicted octanol–water partition coefficient (Wildman–Crippen LogP) is 1.19. The van der Waals surface area contributed by atoms with Gasteiger partial charge in [-0.05, 0) is 29.7 Å². The van der Waals surface area contributed by atoms with E-state index in [1.807, 2.05) is 42.5 Å². The predicted molar refractivity (Wildman–Crippen MR) is 102 cm³/mol. The number of carbonyl (C=O) groups is 1. The molecule has 138 valence electrons. The number of nitrogens with two attached hydrogens (primary N) is 1. The van der Waals surface area contributed by atoms with Crippen LogP contribution in [0.3, 0.4) is 0 Å². The van der Waals surface area contributed by atoms with Gasteiger partial charge in [0.15, 0.2) is 0 Å². The van der Waals surface area contributed by atoms with Gasteiger partial charge in [0.05, 0.1) is 7.11 Å². The van der Waals surface area contributed by atoms with E-state index in [1.54, 1.807) is 13.2 Å². The first-order valence-electron chi connectivity index (χ1n) is 8.89. The molecule has 6 nitrogen and oxygen atoms in total. The van der Waals surface area contributed by atoms with E-state index in [-0.39, 0.29) is 11.9 Å². The topological polar surface area (TPSA) is 88.4 Å². The zero-order valence-electron chi connectivity index (χ0n) is 15.0. The molecule has 0 aromatic heterocycles. The lowest BCUT2D eigenvalue weighted by molar-refractivity contribution is 0.0937. The summed E-state index contributed by atoms with van der Waals surface area (Å²) in [6, 6.07) is 15.5. The van der Waals surface area contributed by atoms with Crippen molar-refractivity contribution in [3.63, 3.8) is 0 Å². The largest absolute Gasteiger partial charge is 0.496 e. The molecule has 1 saturated heterocycles. The van der Waals surface area contributed by atoms with E-state index >= 15 is 0 Å². The van der Waals surface area contributed by atoms with Gasteiger partial charge in [-0.1, -0.05) is 36.4 Å². The van der Waals surface area contributed by atoms with Gasteiger partial charge in [0.1, 0.15) is 5.75 Å². The molecule has 0 spiro atoms. The minimum Gasteiger partial charge on any atom is -0.496 e. The second-order valence-electron chi connectivity index (χ2n) is 6.51. The van der Waals surface area contributed by atoms with Crippen molar-refractivity contribution in [2.75, 3.05) is 26.7 Å². The van der Waals surface area contributed by atoms with Crippen molar-refractivity contribution >= 4 is 5.91 Å². The average molecular weight is 354 g/mol. The van der Waals surface area contributed by atoms with Crippen molar-refractivity contribution in [2.45, 2.75) is 18.4 Å². The Kier molecular flexibility index (Phi) is 6.22. The summed E-state index contributed by atoms with van der Waals surface area (Å²) < 4.78 is 5.52. The molecule has 2 aromatic rings. The van der Waals surface area contributed by atoms with Gasteiger partial charge in [-0.3, -0.25) is 15.6 Å². The number of ether oxygens (including phenoxy) is 1. The van der Waals surface area contributed by atoms with E-state index in [4.69, 9.17) is 10.5 Å². The molecule has 0 saturated carbocycles. The van der Waals surface area contributed by atoms with Gasteiger partial charge in [0, 0.05) is 37.2 Å². The number of nitrogens with one attached hydrogen (secondary N) is 3. The van der Waals surface area contributed by atoms with Crippen molar-refractivity contribution in [2.24, 2.45) is 5.73 Å². The van der Waals surface area contributed by atoms with Crippen molar-refractivity contribution < 1.29 is 9.53 Å².